The highest BCUT2D eigenvalue weighted by Crippen LogP contribution is 2.32. The molecule has 1 amide bonds. The van der Waals surface area contributed by atoms with Crippen LogP contribution in [0.15, 0.2) is 34.8 Å². The molecule has 0 fully saturated rings. The summed E-state index contributed by atoms with van der Waals surface area (Å²) < 4.78 is 19.2. The van der Waals surface area contributed by atoms with E-state index < -0.39 is 5.82 Å². The molecular weight excluding hydrogens is 339 g/mol. The summed E-state index contributed by atoms with van der Waals surface area (Å²) in [6, 6.07) is 7.45. The Labute approximate surface area is 130 Å². The maximum absolute atomic E-state index is 13.1. The molecule has 0 aliphatic rings. The third-order valence-corrected chi connectivity index (χ3v) is 3.44. The van der Waals surface area contributed by atoms with E-state index >= 15 is 0 Å². The van der Waals surface area contributed by atoms with E-state index in [-0.39, 0.29) is 17.2 Å². The minimum Gasteiger partial charge on any atom is -0.495 e. The van der Waals surface area contributed by atoms with Gasteiger partial charge in [-0.25, -0.2) is 4.39 Å². The number of anilines is 2. The van der Waals surface area contributed by atoms with Crippen molar-refractivity contribution < 1.29 is 13.9 Å². The van der Waals surface area contributed by atoms with Crippen molar-refractivity contribution in [3.05, 3.63) is 51.7 Å². The molecule has 0 aliphatic carbocycles. The first-order valence-corrected chi connectivity index (χ1v) is 6.92. The van der Waals surface area contributed by atoms with Crippen molar-refractivity contribution in [3.8, 4) is 5.75 Å². The molecule has 0 bridgehead atoms. The first kappa shape index (κ1) is 15.3. The van der Waals surface area contributed by atoms with Crippen LogP contribution in [0.1, 0.15) is 15.9 Å². The number of benzene rings is 2. The van der Waals surface area contributed by atoms with Gasteiger partial charge in [0.05, 0.1) is 18.5 Å². The fraction of sp³-hybridized carbons (Fsp3) is 0.133. The van der Waals surface area contributed by atoms with Crippen LogP contribution in [0, 0.1) is 12.7 Å². The Morgan fingerprint density at radius 2 is 2.05 bits per heavy atom. The fourth-order valence-electron chi connectivity index (χ4n) is 1.90. The number of carbonyl (C=O) groups is 1. The molecule has 3 N–H and O–H groups in total. The summed E-state index contributed by atoms with van der Waals surface area (Å²) in [6.45, 7) is 1.85. The summed E-state index contributed by atoms with van der Waals surface area (Å²) in [6.07, 6.45) is 0. The second-order valence-corrected chi connectivity index (χ2v) is 5.41. The minimum atomic E-state index is -0.552. The van der Waals surface area contributed by atoms with Crippen molar-refractivity contribution in [2.75, 3.05) is 18.2 Å². The summed E-state index contributed by atoms with van der Waals surface area (Å²) in [4.78, 5) is 12.2. The number of hydrogen-bond acceptors (Lipinski definition) is 3. The summed E-state index contributed by atoms with van der Waals surface area (Å²) in [5.41, 5.74) is 7.08. The monoisotopic (exact) mass is 352 g/mol. The standard InChI is InChI=1S/C15H14BrFN2O2/c1-8-5-10(16)7-13(21-2)14(8)19-15(20)9-3-4-11(17)12(18)6-9/h3-7H,18H2,1-2H3,(H,19,20). The maximum atomic E-state index is 13.1. The normalized spacial score (nSPS) is 10.3. The smallest absolute Gasteiger partial charge is 0.255 e. The number of halogens is 2. The number of nitrogens with one attached hydrogen (secondary N) is 1. The lowest BCUT2D eigenvalue weighted by atomic mass is 10.1. The number of carbonyl (C=O) groups excluding carboxylic acids is 1. The van der Waals surface area contributed by atoms with E-state index in [0.717, 1.165) is 16.1 Å². The Kier molecular flexibility index (Phi) is 4.47. The van der Waals surface area contributed by atoms with Crippen LogP contribution in [0.4, 0.5) is 15.8 Å². The van der Waals surface area contributed by atoms with Gasteiger partial charge in [-0.15, -0.1) is 0 Å². The average molecular weight is 353 g/mol. The lowest BCUT2D eigenvalue weighted by Crippen LogP contribution is -2.14. The highest BCUT2D eigenvalue weighted by atomic mass is 79.9. The lowest BCUT2D eigenvalue weighted by molar-refractivity contribution is 0.102. The van der Waals surface area contributed by atoms with Gasteiger partial charge in [-0.2, -0.15) is 0 Å². The molecule has 0 aliphatic heterocycles. The number of nitrogens with two attached hydrogens (primary N) is 1. The number of hydrogen-bond donors (Lipinski definition) is 2. The molecule has 2 aromatic carbocycles. The van der Waals surface area contributed by atoms with E-state index in [4.69, 9.17) is 10.5 Å². The van der Waals surface area contributed by atoms with Crippen LogP contribution in [-0.4, -0.2) is 13.0 Å². The van der Waals surface area contributed by atoms with Crippen LogP contribution in [-0.2, 0) is 0 Å². The molecular formula is C15H14BrFN2O2. The highest BCUT2D eigenvalue weighted by Gasteiger charge is 2.14. The molecule has 2 rings (SSSR count). The second-order valence-electron chi connectivity index (χ2n) is 4.49. The van der Waals surface area contributed by atoms with Crippen LogP contribution < -0.4 is 15.8 Å². The Balaban J connectivity index is 2.33. The second kappa shape index (κ2) is 6.13. The third-order valence-electron chi connectivity index (χ3n) is 2.98. The number of nitrogen functional groups attached to an aromatic ring is 1. The predicted octanol–water partition coefficient (Wildman–Crippen LogP) is 3.74. The molecule has 0 spiro atoms. The molecule has 0 aromatic heterocycles. The van der Waals surface area contributed by atoms with Gasteiger partial charge in [0.25, 0.3) is 5.91 Å². The van der Waals surface area contributed by atoms with Gasteiger partial charge in [-0.3, -0.25) is 4.79 Å². The van der Waals surface area contributed by atoms with Crippen LogP contribution in [0.25, 0.3) is 0 Å². The van der Waals surface area contributed by atoms with E-state index in [0.29, 0.717) is 11.4 Å². The van der Waals surface area contributed by atoms with Crippen molar-refractivity contribution in [2.45, 2.75) is 6.92 Å². The molecule has 0 unspecified atom stereocenters. The van der Waals surface area contributed by atoms with Gasteiger partial charge >= 0.3 is 0 Å². The number of rotatable bonds is 3. The molecule has 0 atom stereocenters. The Hall–Kier alpha value is -2.08. The first-order chi connectivity index (χ1) is 9.92. The lowest BCUT2D eigenvalue weighted by Gasteiger charge is -2.14. The zero-order valence-electron chi connectivity index (χ0n) is 11.5. The van der Waals surface area contributed by atoms with Crippen molar-refractivity contribution in [1.29, 1.82) is 0 Å². The fourth-order valence-corrected chi connectivity index (χ4v) is 2.46. The maximum Gasteiger partial charge on any atom is 0.255 e. The van der Waals surface area contributed by atoms with Crippen molar-refractivity contribution in [1.82, 2.24) is 0 Å². The van der Waals surface area contributed by atoms with Gasteiger partial charge in [0.2, 0.25) is 0 Å². The molecule has 110 valence electrons. The predicted molar refractivity (Wildman–Crippen MR) is 84.2 cm³/mol. The number of ether oxygens (including phenoxy) is 1. The highest BCUT2D eigenvalue weighted by molar-refractivity contribution is 9.10. The summed E-state index contributed by atoms with van der Waals surface area (Å²) in [5.74, 6) is -0.403. The molecule has 21 heavy (non-hydrogen) atoms. The SMILES string of the molecule is COc1cc(Br)cc(C)c1NC(=O)c1ccc(F)c(N)c1. The van der Waals surface area contributed by atoms with Gasteiger partial charge in [0.1, 0.15) is 11.6 Å². The van der Waals surface area contributed by atoms with Gasteiger partial charge < -0.3 is 15.8 Å². The van der Waals surface area contributed by atoms with E-state index in [1.54, 1.807) is 6.07 Å². The molecule has 2 aromatic rings. The summed E-state index contributed by atoms with van der Waals surface area (Å²) >= 11 is 3.37. The summed E-state index contributed by atoms with van der Waals surface area (Å²) in [5, 5.41) is 2.76. The third kappa shape index (κ3) is 3.33. The van der Waals surface area contributed by atoms with Crippen molar-refractivity contribution in [2.24, 2.45) is 0 Å². The van der Waals surface area contributed by atoms with Crippen molar-refractivity contribution in [3.63, 3.8) is 0 Å². The van der Waals surface area contributed by atoms with Gasteiger partial charge in [0, 0.05) is 10.0 Å². The molecule has 4 nitrogen and oxygen atoms in total. The Bertz CT molecular complexity index is 704. The van der Waals surface area contributed by atoms with Crippen molar-refractivity contribution >= 4 is 33.2 Å². The largest absolute Gasteiger partial charge is 0.495 e. The number of aryl methyl sites for hydroxylation is 1. The van der Waals surface area contributed by atoms with Crippen LogP contribution in [0.5, 0.6) is 5.75 Å². The van der Waals surface area contributed by atoms with Crippen LogP contribution in [0.2, 0.25) is 0 Å². The molecule has 0 radical (unpaired) electrons. The molecule has 0 saturated carbocycles. The Morgan fingerprint density at radius 1 is 1.33 bits per heavy atom. The average Bonchev–Trinajstić information content (AvgIpc) is 2.44. The minimum absolute atomic E-state index is 0.0675. The Morgan fingerprint density at radius 3 is 2.67 bits per heavy atom. The van der Waals surface area contributed by atoms with Crippen LogP contribution >= 0.6 is 15.9 Å². The van der Waals surface area contributed by atoms with E-state index in [2.05, 4.69) is 21.2 Å². The van der Waals surface area contributed by atoms with Gasteiger partial charge in [0.15, 0.2) is 0 Å². The van der Waals surface area contributed by atoms with Gasteiger partial charge in [-0.1, -0.05) is 15.9 Å². The van der Waals surface area contributed by atoms with Crippen LogP contribution in [0.3, 0.4) is 0 Å². The zero-order valence-corrected chi connectivity index (χ0v) is 13.1. The quantitative estimate of drug-likeness (QED) is 0.827. The first-order valence-electron chi connectivity index (χ1n) is 6.13. The molecule has 0 saturated heterocycles. The van der Waals surface area contributed by atoms with E-state index in [1.165, 1.54) is 19.2 Å². The number of amides is 1. The number of methoxy groups -OCH3 is 1. The summed E-state index contributed by atoms with van der Waals surface area (Å²) in [7, 11) is 1.52. The van der Waals surface area contributed by atoms with E-state index in [9.17, 15) is 9.18 Å². The zero-order chi connectivity index (χ0) is 15.6. The van der Waals surface area contributed by atoms with E-state index in [1.807, 2.05) is 13.0 Å². The molecule has 6 heteroatoms. The topological polar surface area (TPSA) is 64.3 Å². The molecule has 0 heterocycles. The van der Waals surface area contributed by atoms with Gasteiger partial charge in [-0.05, 0) is 42.8 Å².